The van der Waals surface area contributed by atoms with E-state index in [-0.39, 0.29) is 0 Å². The van der Waals surface area contributed by atoms with Gasteiger partial charge in [0.05, 0.1) is 27.8 Å². The molecule has 0 saturated carbocycles. The van der Waals surface area contributed by atoms with Crippen LogP contribution in [0.1, 0.15) is 0 Å². The molecule has 4 heteroatoms. The molecule has 4 heterocycles. The average Bonchev–Trinajstić information content (AvgIpc) is 3.84. The van der Waals surface area contributed by atoms with E-state index in [1.165, 1.54) is 70.8 Å². The fourth-order valence-electron chi connectivity index (χ4n) is 8.86. The van der Waals surface area contributed by atoms with Gasteiger partial charge in [-0.25, -0.2) is 4.98 Å². The van der Waals surface area contributed by atoms with Crippen LogP contribution in [0.15, 0.2) is 170 Å². The number of aromatic nitrogens is 4. The maximum Gasteiger partial charge on any atom is 0.138 e. The van der Waals surface area contributed by atoms with E-state index in [1.54, 1.807) is 0 Å². The van der Waals surface area contributed by atoms with Crippen LogP contribution >= 0.6 is 0 Å². The minimum Gasteiger partial charge on any atom is -0.309 e. The maximum atomic E-state index is 5.09. The first kappa shape index (κ1) is 27.7. The highest BCUT2D eigenvalue weighted by atomic mass is 15.1. The number of rotatable bonds is 3. The van der Waals surface area contributed by atoms with Gasteiger partial charge in [0.1, 0.15) is 5.82 Å². The fourth-order valence-corrected chi connectivity index (χ4v) is 8.86. The molecule has 0 N–H and O–H groups in total. The molecular formula is C48H28N4. The summed E-state index contributed by atoms with van der Waals surface area (Å²) in [6, 6.07) is 57.2. The Bertz CT molecular complexity index is 3290. The predicted molar refractivity (Wildman–Crippen MR) is 216 cm³/mol. The topological polar surface area (TPSA) is 35.6 Å². The van der Waals surface area contributed by atoms with Gasteiger partial charge in [0.15, 0.2) is 0 Å². The van der Waals surface area contributed by atoms with Crippen LogP contribution in [0, 0.1) is 0 Å². The van der Waals surface area contributed by atoms with Crippen LogP contribution in [0.4, 0.5) is 0 Å². The van der Waals surface area contributed by atoms with Gasteiger partial charge < -0.3 is 4.57 Å². The second-order valence-electron chi connectivity index (χ2n) is 13.8. The zero-order valence-electron chi connectivity index (χ0n) is 28.0. The second-order valence-corrected chi connectivity index (χ2v) is 13.8. The lowest BCUT2D eigenvalue weighted by Gasteiger charge is -2.10. The van der Waals surface area contributed by atoms with E-state index >= 15 is 0 Å². The number of para-hydroxylation sites is 2. The molecule has 0 atom stereocenters. The Labute approximate surface area is 298 Å². The monoisotopic (exact) mass is 660 g/mol. The van der Waals surface area contributed by atoms with E-state index in [4.69, 9.17) is 9.97 Å². The Morgan fingerprint density at radius 3 is 1.98 bits per heavy atom. The van der Waals surface area contributed by atoms with E-state index < -0.39 is 0 Å². The number of fused-ring (bicyclic) bond motifs is 11. The molecule has 0 unspecified atom stereocenters. The third-order valence-electron chi connectivity index (χ3n) is 11.1. The lowest BCUT2D eigenvalue weighted by atomic mass is 9.99. The van der Waals surface area contributed by atoms with Crippen LogP contribution in [-0.4, -0.2) is 19.1 Å². The molecule has 12 rings (SSSR count). The molecule has 0 radical (unpaired) electrons. The SMILES string of the molecule is c1ccc(-n2c3ccc(-c4ccc5c(c4)c4ccccc4n5-c4cc5c(cn4)-c4cccc6ccnc-5c46)cc3c3c4ccccc4ccc32)cc1. The molecule has 0 aliphatic heterocycles. The third-order valence-corrected chi connectivity index (χ3v) is 11.1. The first-order chi connectivity index (χ1) is 25.8. The van der Waals surface area contributed by atoms with Crippen molar-refractivity contribution in [2.75, 3.05) is 0 Å². The van der Waals surface area contributed by atoms with Crippen LogP contribution in [-0.2, 0) is 0 Å². The van der Waals surface area contributed by atoms with Gasteiger partial charge in [-0.15, -0.1) is 0 Å². The summed E-state index contributed by atoms with van der Waals surface area (Å²) in [4.78, 5) is 9.94. The normalized spacial score (nSPS) is 12.2. The van der Waals surface area contributed by atoms with Crippen LogP contribution in [0.25, 0.3) is 110 Å². The number of nitrogens with zero attached hydrogens (tertiary/aromatic N) is 4. The van der Waals surface area contributed by atoms with Crippen LogP contribution in [0.2, 0.25) is 0 Å². The summed E-state index contributed by atoms with van der Waals surface area (Å²) < 4.78 is 4.70. The van der Waals surface area contributed by atoms with Crippen molar-refractivity contribution in [2.24, 2.45) is 0 Å². The Hall–Kier alpha value is -7.04. The van der Waals surface area contributed by atoms with E-state index in [2.05, 4.69) is 167 Å². The largest absolute Gasteiger partial charge is 0.309 e. The highest BCUT2D eigenvalue weighted by molar-refractivity contribution is 6.22. The summed E-state index contributed by atoms with van der Waals surface area (Å²) in [5.74, 6) is 0.895. The van der Waals surface area contributed by atoms with Gasteiger partial charge in [0, 0.05) is 56.1 Å². The minimum absolute atomic E-state index is 0.895. The van der Waals surface area contributed by atoms with Gasteiger partial charge in [-0.3, -0.25) is 9.55 Å². The van der Waals surface area contributed by atoms with Crippen molar-refractivity contribution in [3.63, 3.8) is 0 Å². The number of hydrogen-bond acceptors (Lipinski definition) is 2. The fraction of sp³-hybridized carbons (Fsp3) is 0. The van der Waals surface area contributed by atoms with E-state index in [1.807, 2.05) is 12.4 Å². The molecule has 7 aromatic carbocycles. The van der Waals surface area contributed by atoms with Gasteiger partial charge in [-0.2, -0.15) is 0 Å². The summed E-state index contributed by atoms with van der Waals surface area (Å²) in [5.41, 5.74) is 12.7. The number of pyridine rings is 2. The second kappa shape index (κ2) is 10.3. The Balaban J connectivity index is 1.07. The molecule has 0 saturated heterocycles. The van der Waals surface area contributed by atoms with E-state index in [0.717, 1.165) is 39.4 Å². The molecular weight excluding hydrogens is 633 g/mol. The van der Waals surface area contributed by atoms with Gasteiger partial charge in [-0.05, 0) is 93.5 Å². The maximum absolute atomic E-state index is 5.09. The van der Waals surface area contributed by atoms with Crippen molar-refractivity contribution in [3.05, 3.63) is 170 Å². The molecule has 0 fully saturated rings. The van der Waals surface area contributed by atoms with Gasteiger partial charge in [-0.1, -0.05) is 97.1 Å². The number of hydrogen-bond donors (Lipinski definition) is 0. The predicted octanol–water partition coefficient (Wildman–Crippen LogP) is 12.3. The zero-order valence-corrected chi connectivity index (χ0v) is 28.0. The van der Waals surface area contributed by atoms with Gasteiger partial charge >= 0.3 is 0 Å². The van der Waals surface area contributed by atoms with Crippen molar-refractivity contribution in [2.45, 2.75) is 0 Å². The van der Waals surface area contributed by atoms with Gasteiger partial charge in [0.2, 0.25) is 0 Å². The van der Waals surface area contributed by atoms with Crippen molar-refractivity contribution in [1.82, 2.24) is 19.1 Å². The average molecular weight is 661 g/mol. The quantitative estimate of drug-likeness (QED) is 0.189. The van der Waals surface area contributed by atoms with Crippen molar-refractivity contribution >= 4 is 65.2 Å². The van der Waals surface area contributed by atoms with Crippen LogP contribution in [0.3, 0.4) is 0 Å². The molecule has 1 aliphatic rings. The molecule has 4 aromatic heterocycles. The molecule has 0 amide bonds. The first-order valence-corrected chi connectivity index (χ1v) is 17.7. The highest BCUT2D eigenvalue weighted by Gasteiger charge is 2.24. The van der Waals surface area contributed by atoms with Crippen molar-refractivity contribution in [3.8, 4) is 45.0 Å². The molecule has 0 bridgehead atoms. The zero-order chi connectivity index (χ0) is 33.9. The van der Waals surface area contributed by atoms with E-state index in [9.17, 15) is 0 Å². The molecule has 4 nitrogen and oxygen atoms in total. The summed E-state index contributed by atoms with van der Waals surface area (Å²) in [6.07, 6.45) is 3.94. The first-order valence-electron chi connectivity index (χ1n) is 17.7. The Morgan fingerprint density at radius 2 is 1.10 bits per heavy atom. The third kappa shape index (κ3) is 3.70. The molecule has 0 spiro atoms. The smallest absolute Gasteiger partial charge is 0.138 e. The standard InChI is InChI=1S/C48H28N4/c1-2-11-33(12-3-1)51-43-21-19-32(26-39(43)47-34-13-5-4-9-29(34)17-22-44(47)51)31-18-20-42-37(25-31)35-14-6-7-16-41(35)52(42)45-27-38-40(28-50-45)36-15-8-10-30-23-24-49-48(38)46(30)36/h1-28H. The highest BCUT2D eigenvalue weighted by Crippen LogP contribution is 2.47. The summed E-state index contributed by atoms with van der Waals surface area (Å²) in [5, 5.41) is 9.89. The molecule has 52 heavy (non-hydrogen) atoms. The Morgan fingerprint density at radius 1 is 0.385 bits per heavy atom. The summed E-state index contributed by atoms with van der Waals surface area (Å²) in [6.45, 7) is 0. The molecule has 11 aromatic rings. The molecule has 1 aliphatic carbocycles. The van der Waals surface area contributed by atoms with Crippen LogP contribution < -0.4 is 0 Å². The van der Waals surface area contributed by atoms with Crippen molar-refractivity contribution < 1.29 is 0 Å². The lowest BCUT2D eigenvalue weighted by molar-refractivity contribution is 1.08. The number of benzene rings is 7. The van der Waals surface area contributed by atoms with E-state index in [0.29, 0.717) is 0 Å². The van der Waals surface area contributed by atoms with Gasteiger partial charge in [0.25, 0.3) is 0 Å². The van der Waals surface area contributed by atoms with Crippen molar-refractivity contribution in [1.29, 1.82) is 0 Å². The van der Waals surface area contributed by atoms with Crippen LogP contribution in [0.5, 0.6) is 0 Å². The lowest BCUT2D eigenvalue weighted by Crippen LogP contribution is -1.98. The Kier molecular flexibility index (Phi) is 5.47. The molecule has 240 valence electrons. The summed E-state index contributed by atoms with van der Waals surface area (Å²) >= 11 is 0. The summed E-state index contributed by atoms with van der Waals surface area (Å²) in [7, 11) is 0. The minimum atomic E-state index is 0.895.